The van der Waals surface area contributed by atoms with Crippen LogP contribution in [0.4, 0.5) is 0 Å². The van der Waals surface area contributed by atoms with Gasteiger partial charge >= 0.3 is 0 Å². The number of rotatable bonds is 10. The van der Waals surface area contributed by atoms with Gasteiger partial charge in [-0.2, -0.15) is 0 Å². The Balaban J connectivity index is 1.81. The average Bonchev–Trinajstić information content (AvgIpc) is 2.69. The maximum absolute atomic E-state index is 12.4. The summed E-state index contributed by atoms with van der Waals surface area (Å²) in [5.41, 5.74) is 2.42. The standard InChI is InChI=1S/C23H31NO3/c1-5-18-11-13-19(14-12-18)27-21(6-2)23(25)24-15-16-26-22-10-8-7-9-20(22)17(3)4/h7-14,17,21H,5-6,15-16H2,1-4H3,(H,24,25). The molecule has 2 aromatic carbocycles. The highest BCUT2D eigenvalue weighted by Gasteiger charge is 2.18. The van der Waals surface area contributed by atoms with Crippen molar-refractivity contribution in [1.82, 2.24) is 5.32 Å². The summed E-state index contributed by atoms with van der Waals surface area (Å²) in [7, 11) is 0. The topological polar surface area (TPSA) is 47.6 Å². The monoisotopic (exact) mass is 369 g/mol. The number of hydrogen-bond acceptors (Lipinski definition) is 3. The first-order valence-corrected chi connectivity index (χ1v) is 9.80. The van der Waals surface area contributed by atoms with Crippen LogP contribution in [-0.2, 0) is 11.2 Å². The van der Waals surface area contributed by atoms with Gasteiger partial charge < -0.3 is 14.8 Å². The molecule has 0 aromatic heterocycles. The van der Waals surface area contributed by atoms with E-state index in [-0.39, 0.29) is 5.91 Å². The van der Waals surface area contributed by atoms with Crippen LogP contribution >= 0.6 is 0 Å². The highest BCUT2D eigenvalue weighted by molar-refractivity contribution is 5.81. The van der Waals surface area contributed by atoms with Gasteiger partial charge in [-0.3, -0.25) is 4.79 Å². The summed E-state index contributed by atoms with van der Waals surface area (Å²) in [4.78, 5) is 12.4. The second-order valence-corrected chi connectivity index (χ2v) is 6.84. The zero-order valence-electron chi connectivity index (χ0n) is 16.8. The Kier molecular flexibility index (Phi) is 8.18. The highest BCUT2D eigenvalue weighted by atomic mass is 16.5. The molecule has 0 heterocycles. The molecule has 4 nitrogen and oxygen atoms in total. The van der Waals surface area contributed by atoms with Crippen molar-refractivity contribution in [2.75, 3.05) is 13.2 Å². The molecule has 0 saturated carbocycles. The van der Waals surface area contributed by atoms with Crippen molar-refractivity contribution < 1.29 is 14.3 Å². The van der Waals surface area contributed by atoms with Gasteiger partial charge in [0.05, 0.1) is 6.54 Å². The van der Waals surface area contributed by atoms with Gasteiger partial charge in [-0.25, -0.2) is 0 Å². The van der Waals surface area contributed by atoms with Crippen LogP contribution < -0.4 is 14.8 Å². The van der Waals surface area contributed by atoms with Crippen molar-refractivity contribution in [2.24, 2.45) is 0 Å². The number of ether oxygens (including phenoxy) is 2. The summed E-state index contributed by atoms with van der Waals surface area (Å²) in [6.07, 6.45) is 1.09. The number of benzene rings is 2. The Morgan fingerprint density at radius 3 is 2.37 bits per heavy atom. The molecular formula is C23H31NO3. The van der Waals surface area contributed by atoms with Gasteiger partial charge in [0.15, 0.2) is 6.10 Å². The van der Waals surface area contributed by atoms with Gasteiger partial charge in [-0.05, 0) is 48.1 Å². The van der Waals surface area contributed by atoms with Gasteiger partial charge in [-0.15, -0.1) is 0 Å². The lowest BCUT2D eigenvalue weighted by Gasteiger charge is -2.18. The minimum atomic E-state index is -0.500. The number of carbonyl (C=O) groups is 1. The number of amides is 1. The van der Waals surface area contributed by atoms with E-state index in [1.54, 1.807) is 0 Å². The van der Waals surface area contributed by atoms with E-state index in [1.165, 1.54) is 11.1 Å². The van der Waals surface area contributed by atoms with Crippen LogP contribution in [0.3, 0.4) is 0 Å². The average molecular weight is 370 g/mol. The van der Waals surface area contributed by atoms with Crippen molar-refractivity contribution in [3.63, 3.8) is 0 Å². The Bertz CT molecular complexity index is 710. The van der Waals surface area contributed by atoms with Gasteiger partial charge in [0.1, 0.15) is 18.1 Å². The van der Waals surface area contributed by atoms with Gasteiger partial charge in [0.2, 0.25) is 0 Å². The number of hydrogen-bond donors (Lipinski definition) is 1. The second kappa shape index (κ2) is 10.6. The first-order chi connectivity index (χ1) is 13.0. The maximum atomic E-state index is 12.4. The molecule has 1 N–H and O–H groups in total. The van der Waals surface area contributed by atoms with Gasteiger partial charge in [0.25, 0.3) is 5.91 Å². The SMILES string of the molecule is CCc1ccc(OC(CC)C(=O)NCCOc2ccccc2C(C)C)cc1. The molecule has 0 saturated heterocycles. The summed E-state index contributed by atoms with van der Waals surface area (Å²) >= 11 is 0. The molecule has 0 spiro atoms. The molecule has 0 aliphatic heterocycles. The summed E-state index contributed by atoms with van der Waals surface area (Å²) in [5, 5.41) is 2.91. The first kappa shape index (κ1) is 20.8. The third-order valence-corrected chi connectivity index (χ3v) is 4.47. The van der Waals surface area contributed by atoms with Crippen LogP contribution in [0, 0.1) is 0 Å². The third kappa shape index (κ3) is 6.31. The molecule has 1 unspecified atom stereocenters. The summed E-state index contributed by atoms with van der Waals surface area (Å²) < 4.78 is 11.7. The van der Waals surface area contributed by atoms with Gasteiger partial charge in [0, 0.05) is 0 Å². The van der Waals surface area contributed by atoms with E-state index in [2.05, 4.69) is 32.2 Å². The molecule has 0 radical (unpaired) electrons. The molecule has 2 rings (SSSR count). The molecule has 1 amide bonds. The molecule has 0 aliphatic carbocycles. The number of carbonyl (C=O) groups excluding carboxylic acids is 1. The van der Waals surface area contributed by atoms with Crippen LogP contribution in [0.5, 0.6) is 11.5 Å². The van der Waals surface area contributed by atoms with E-state index in [0.717, 1.165) is 17.9 Å². The summed E-state index contributed by atoms with van der Waals surface area (Å²) in [6, 6.07) is 15.9. The van der Waals surface area contributed by atoms with Crippen molar-refractivity contribution in [2.45, 2.75) is 52.6 Å². The number of aryl methyl sites for hydroxylation is 1. The van der Waals surface area contributed by atoms with Crippen molar-refractivity contribution >= 4 is 5.91 Å². The van der Waals surface area contributed by atoms with Crippen molar-refractivity contribution in [1.29, 1.82) is 0 Å². The fourth-order valence-electron chi connectivity index (χ4n) is 2.83. The maximum Gasteiger partial charge on any atom is 0.261 e. The minimum Gasteiger partial charge on any atom is -0.491 e. The summed E-state index contributed by atoms with van der Waals surface area (Å²) in [6.45, 7) is 9.21. The third-order valence-electron chi connectivity index (χ3n) is 4.47. The van der Waals surface area contributed by atoms with Gasteiger partial charge in [-0.1, -0.05) is 58.0 Å². The largest absolute Gasteiger partial charge is 0.491 e. The zero-order chi connectivity index (χ0) is 19.6. The van der Waals surface area contributed by atoms with Crippen LogP contribution in [-0.4, -0.2) is 25.2 Å². The zero-order valence-corrected chi connectivity index (χ0v) is 16.8. The fourth-order valence-corrected chi connectivity index (χ4v) is 2.83. The molecule has 146 valence electrons. The van der Waals surface area contributed by atoms with Crippen molar-refractivity contribution in [3.8, 4) is 11.5 Å². The Morgan fingerprint density at radius 1 is 1.04 bits per heavy atom. The van der Waals surface area contributed by atoms with E-state index in [0.29, 0.717) is 25.5 Å². The molecule has 0 fully saturated rings. The fraction of sp³-hybridized carbons (Fsp3) is 0.435. The number of para-hydroxylation sites is 1. The molecule has 4 heteroatoms. The minimum absolute atomic E-state index is 0.113. The van der Waals surface area contributed by atoms with E-state index in [1.807, 2.05) is 49.4 Å². The lowest BCUT2D eigenvalue weighted by Crippen LogP contribution is -2.39. The van der Waals surface area contributed by atoms with E-state index < -0.39 is 6.10 Å². The first-order valence-electron chi connectivity index (χ1n) is 9.80. The molecule has 1 atom stereocenters. The van der Waals surface area contributed by atoms with Crippen LogP contribution in [0.15, 0.2) is 48.5 Å². The smallest absolute Gasteiger partial charge is 0.261 e. The summed E-state index contributed by atoms with van der Waals surface area (Å²) in [5.74, 6) is 1.88. The predicted molar refractivity (Wildman–Crippen MR) is 110 cm³/mol. The normalized spacial score (nSPS) is 11.9. The molecule has 0 bridgehead atoms. The second-order valence-electron chi connectivity index (χ2n) is 6.84. The highest BCUT2D eigenvalue weighted by Crippen LogP contribution is 2.25. The lowest BCUT2D eigenvalue weighted by atomic mass is 10.0. The van der Waals surface area contributed by atoms with E-state index in [9.17, 15) is 4.79 Å². The number of nitrogens with one attached hydrogen (secondary N) is 1. The molecule has 2 aromatic rings. The predicted octanol–water partition coefficient (Wildman–Crippen LogP) is 4.73. The molecule has 0 aliphatic rings. The van der Waals surface area contributed by atoms with Crippen molar-refractivity contribution in [3.05, 3.63) is 59.7 Å². The quantitative estimate of drug-likeness (QED) is 0.616. The molecular weight excluding hydrogens is 338 g/mol. The van der Waals surface area contributed by atoms with E-state index in [4.69, 9.17) is 9.47 Å². The van der Waals surface area contributed by atoms with Crippen LogP contribution in [0.2, 0.25) is 0 Å². The Labute approximate surface area is 162 Å². The van der Waals surface area contributed by atoms with Crippen LogP contribution in [0.25, 0.3) is 0 Å². The Morgan fingerprint density at radius 2 is 1.74 bits per heavy atom. The Hall–Kier alpha value is -2.49. The lowest BCUT2D eigenvalue weighted by molar-refractivity contribution is -0.128. The van der Waals surface area contributed by atoms with Crippen LogP contribution in [0.1, 0.15) is 51.2 Å². The molecule has 27 heavy (non-hydrogen) atoms. The van der Waals surface area contributed by atoms with E-state index >= 15 is 0 Å².